The van der Waals surface area contributed by atoms with Crippen LogP contribution in [0.25, 0.3) is 6.08 Å². The number of carbonyl (C=O) groups is 2. The molecule has 1 aromatic heterocycles. The van der Waals surface area contributed by atoms with Gasteiger partial charge in [0.1, 0.15) is 11.3 Å². The molecule has 0 unspecified atom stereocenters. The number of ether oxygens (including phenoxy) is 1. The molecule has 0 atom stereocenters. The van der Waals surface area contributed by atoms with Crippen LogP contribution in [-0.4, -0.2) is 26.7 Å². The van der Waals surface area contributed by atoms with E-state index in [1.54, 1.807) is 24.3 Å². The molecule has 1 aliphatic rings. The van der Waals surface area contributed by atoms with Crippen molar-refractivity contribution in [1.29, 1.82) is 0 Å². The summed E-state index contributed by atoms with van der Waals surface area (Å²) in [7, 11) is 1.26. The van der Waals surface area contributed by atoms with E-state index < -0.39 is 34.8 Å². The lowest BCUT2D eigenvalue weighted by Crippen LogP contribution is -2.54. The van der Waals surface area contributed by atoms with Gasteiger partial charge in [0.2, 0.25) is 5.88 Å². The lowest BCUT2D eigenvalue weighted by Gasteiger charge is -2.29. The molecule has 1 saturated heterocycles. The molecule has 0 radical (unpaired) electrons. The molecular formula is C23H16ClF3N4O3S. The Morgan fingerprint density at radius 2 is 1.71 bits per heavy atom. The van der Waals surface area contributed by atoms with Crippen molar-refractivity contribution in [2.45, 2.75) is 13.1 Å². The van der Waals surface area contributed by atoms with Crippen molar-refractivity contribution in [3.8, 4) is 11.6 Å². The minimum absolute atomic E-state index is 0.224. The fourth-order valence-corrected chi connectivity index (χ4v) is 3.74. The van der Waals surface area contributed by atoms with E-state index in [2.05, 4.69) is 10.4 Å². The summed E-state index contributed by atoms with van der Waals surface area (Å²) in [6.45, 7) is 1.84. The number of nitrogens with one attached hydrogen (secondary N) is 1. The molecule has 0 aliphatic carbocycles. The smallest absolute Gasteiger partial charge is 0.435 e. The normalized spacial score (nSPS) is 15.5. The minimum Gasteiger partial charge on any atom is -0.439 e. The highest BCUT2D eigenvalue weighted by atomic mass is 35.5. The van der Waals surface area contributed by atoms with Crippen LogP contribution in [0.1, 0.15) is 16.8 Å². The number of aromatic nitrogens is 2. The molecular weight excluding hydrogens is 505 g/mol. The molecule has 4 rings (SSSR count). The number of rotatable bonds is 4. The van der Waals surface area contributed by atoms with Gasteiger partial charge in [-0.3, -0.25) is 19.8 Å². The SMILES string of the molecule is Cc1ccc(Oc2c(/C=C3\C(=O)NC(=S)N(c4ccc(Cl)cc4)C3=O)c(C(F)(F)F)nn2C)cc1. The zero-order valence-electron chi connectivity index (χ0n) is 18.2. The molecule has 35 heavy (non-hydrogen) atoms. The average molecular weight is 521 g/mol. The third-order valence-electron chi connectivity index (χ3n) is 5.01. The summed E-state index contributed by atoms with van der Waals surface area (Å²) >= 11 is 11.0. The third-order valence-corrected chi connectivity index (χ3v) is 5.55. The summed E-state index contributed by atoms with van der Waals surface area (Å²) in [5, 5.41) is 6.04. The molecule has 2 aromatic carbocycles. The van der Waals surface area contributed by atoms with E-state index >= 15 is 0 Å². The predicted molar refractivity (Wildman–Crippen MR) is 127 cm³/mol. The third kappa shape index (κ3) is 4.91. The molecule has 1 fully saturated rings. The van der Waals surface area contributed by atoms with Gasteiger partial charge in [0.15, 0.2) is 10.8 Å². The number of amides is 2. The fraction of sp³-hybridized carbons (Fsp3) is 0.130. The van der Waals surface area contributed by atoms with Crippen LogP contribution in [0, 0.1) is 6.92 Å². The Hall–Kier alpha value is -3.70. The fourth-order valence-electron chi connectivity index (χ4n) is 3.33. The lowest BCUT2D eigenvalue weighted by molar-refractivity contribution is -0.141. The Labute approximate surface area is 207 Å². The zero-order chi connectivity index (χ0) is 25.5. The first-order valence-corrected chi connectivity index (χ1v) is 10.8. The molecule has 1 aliphatic heterocycles. The number of hydrogen-bond donors (Lipinski definition) is 1. The van der Waals surface area contributed by atoms with Crippen LogP contribution < -0.4 is 15.0 Å². The number of benzene rings is 2. The Morgan fingerprint density at radius 3 is 2.31 bits per heavy atom. The number of aryl methyl sites for hydroxylation is 2. The van der Waals surface area contributed by atoms with Crippen molar-refractivity contribution in [3.63, 3.8) is 0 Å². The summed E-state index contributed by atoms with van der Waals surface area (Å²) in [5.74, 6) is -1.93. The van der Waals surface area contributed by atoms with Crippen LogP contribution in [0.5, 0.6) is 11.6 Å². The largest absolute Gasteiger partial charge is 0.439 e. The monoisotopic (exact) mass is 520 g/mol. The topological polar surface area (TPSA) is 76.5 Å². The quantitative estimate of drug-likeness (QED) is 0.297. The molecule has 0 spiro atoms. The molecule has 7 nitrogen and oxygen atoms in total. The van der Waals surface area contributed by atoms with Gasteiger partial charge in [0.25, 0.3) is 11.8 Å². The number of thiocarbonyl (C=S) groups is 1. The predicted octanol–water partition coefficient (Wildman–Crippen LogP) is 5.02. The summed E-state index contributed by atoms with van der Waals surface area (Å²) in [4.78, 5) is 26.9. The second-order valence-electron chi connectivity index (χ2n) is 7.54. The van der Waals surface area contributed by atoms with Crippen LogP contribution in [0.2, 0.25) is 5.02 Å². The van der Waals surface area contributed by atoms with E-state index in [1.807, 2.05) is 6.92 Å². The van der Waals surface area contributed by atoms with E-state index in [0.29, 0.717) is 5.02 Å². The summed E-state index contributed by atoms with van der Waals surface area (Å²) < 4.78 is 48.1. The van der Waals surface area contributed by atoms with E-state index in [4.69, 9.17) is 28.6 Å². The number of halogens is 4. The van der Waals surface area contributed by atoms with Crippen LogP contribution in [0.4, 0.5) is 18.9 Å². The summed E-state index contributed by atoms with van der Waals surface area (Å²) in [6, 6.07) is 12.6. The molecule has 0 bridgehead atoms. The Kier molecular flexibility index (Phi) is 6.39. The van der Waals surface area contributed by atoms with Crippen LogP contribution >= 0.6 is 23.8 Å². The second kappa shape index (κ2) is 9.16. The molecule has 1 N–H and O–H groups in total. The Morgan fingerprint density at radius 1 is 1.09 bits per heavy atom. The van der Waals surface area contributed by atoms with Gasteiger partial charge >= 0.3 is 6.18 Å². The van der Waals surface area contributed by atoms with Gasteiger partial charge in [-0.2, -0.15) is 18.3 Å². The molecule has 2 amide bonds. The maximum atomic E-state index is 13.8. The van der Waals surface area contributed by atoms with Gasteiger partial charge in [-0.05, 0) is 61.6 Å². The highest BCUT2D eigenvalue weighted by Crippen LogP contribution is 2.39. The van der Waals surface area contributed by atoms with Gasteiger partial charge in [0, 0.05) is 12.1 Å². The first kappa shape index (κ1) is 24.4. The van der Waals surface area contributed by atoms with E-state index in [-0.39, 0.29) is 22.4 Å². The zero-order valence-corrected chi connectivity index (χ0v) is 19.8. The lowest BCUT2D eigenvalue weighted by atomic mass is 10.1. The molecule has 0 saturated carbocycles. The summed E-state index contributed by atoms with van der Waals surface area (Å²) in [5.41, 5.74) is -1.29. The van der Waals surface area contributed by atoms with Crippen molar-refractivity contribution < 1.29 is 27.5 Å². The van der Waals surface area contributed by atoms with Crippen LogP contribution in [-0.2, 0) is 22.8 Å². The molecule has 2 heterocycles. The van der Waals surface area contributed by atoms with Crippen molar-refractivity contribution in [2.24, 2.45) is 7.05 Å². The Balaban J connectivity index is 1.83. The van der Waals surface area contributed by atoms with Crippen molar-refractivity contribution >= 4 is 52.5 Å². The van der Waals surface area contributed by atoms with Gasteiger partial charge in [-0.1, -0.05) is 29.3 Å². The highest BCUT2D eigenvalue weighted by Gasteiger charge is 2.41. The van der Waals surface area contributed by atoms with E-state index in [0.717, 1.165) is 21.2 Å². The average Bonchev–Trinajstić information content (AvgIpc) is 3.09. The first-order valence-electron chi connectivity index (χ1n) is 10.0. The molecule has 12 heteroatoms. The maximum Gasteiger partial charge on any atom is 0.435 e. The van der Waals surface area contributed by atoms with Crippen LogP contribution in [0.3, 0.4) is 0 Å². The van der Waals surface area contributed by atoms with E-state index in [1.165, 1.54) is 31.3 Å². The number of carbonyl (C=O) groups excluding carboxylic acids is 2. The van der Waals surface area contributed by atoms with Crippen molar-refractivity contribution in [1.82, 2.24) is 15.1 Å². The van der Waals surface area contributed by atoms with Crippen LogP contribution in [0.15, 0.2) is 54.1 Å². The van der Waals surface area contributed by atoms with Crippen molar-refractivity contribution in [3.05, 3.63) is 75.9 Å². The Bertz CT molecular complexity index is 1370. The highest BCUT2D eigenvalue weighted by molar-refractivity contribution is 7.80. The first-order chi connectivity index (χ1) is 16.5. The maximum absolute atomic E-state index is 13.8. The van der Waals surface area contributed by atoms with Gasteiger partial charge in [-0.25, -0.2) is 4.68 Å². The standard InChI is InChI=1S/C23H16ClF3N4O3S/c1-12-3-9-15(10-4-12)34-21-16(18(23(25,26)27)29-30(21)2)11-17-19(32)28-22(35)31(20(17)33)14-7-5-13(24)6-8-14/h3-11H,1-2H3,(H,28,32,35)/b17-11+. The second-order valence-corrected chi connectivity index (χ2v) is 8.36. The van der Waals surface area contributed by atoms with Gasteiger partial charge in [-0.15, -0.1) is 0 Å². The number of alkyl halides is 3. The van der Waals surface area contributed by atoms with Crippen molar-refractivity contribution in [2.75, 3.05) is 4.90 Å². The number of hydrogen-bond acceptors (Lipinski definition) is 5. The van der Waals surface area contributed by atoms with Gasteiger partial charge in [0.05, 0.1) is 11.3 Å². The molecule has 3 aromatic rings. The number of nitrogens with zero attached hydrogens (tertiary/aromatic N) is 3. The number of anilines is 1. The van der Waals surface area contributed by atoms with Gasteiger partial charge < -0.3 is 4.74 Å². The minimum atomic E-state index is -4.89. The van der Waals surface area contributed by atoms with E-state index in [9.17, 15) is 22.8 Å². The molecule has 180 valence electrons. The summed E-state index contributed by atoms with van der Waals surface area (Å²) in [6.07, 6.45) is -4.08.